The van der Waals surface area contributed by atoms with Crippen LogP contribution in [-0.2, 0) is 0 Å². The first-order chi connectivity index (χ1) is 7.43. The van der Waals surface area contributed by atoms with E-state index in [-0.39, 0.29) is 0 Å². The van der Waals surface area contributed by atoms with Crippen molar-refractivity contribution in [1.82, 2.24) is 24.9 Å². The number of aromatic nitrogens is 4. The normalized spacial score (nSPS) is 22.0. The van der Waals surface area contributed by atoms with Gasteiger partial charge in [-0.2, -0.15) is 5.10 Å². The quantitative estimate of drug-likeness (QED) is 0.737. The van der Waals surface area contributed by atoms with Crippen LogP contribution in [0.25, 0.3) is 5.65 Å². The first-order valence-corrected chi connectivity index (χ1v) is 5.29. The molecule has 78 valence electrons. The van der Waals surface area contributed by atoms with Crippen molar-refractivity contribution in [1.29, 1.82) is 0 Å². The van der Waals surface area contributed by atoms with E-state index in [1.54, 1.807) is 17.2 Å². The van der Waals surface area contributed by atoms with Crippen LogP contribution >= 0.6 is 0 Å². The van der Waals surface area contributed by atoms with Crippen LogP contribution in [0.15, 0.2) is 18.7 Å². The Morgan fingerprint density at radius 3 is 3.27 bits per heavy atom. The van der Waals surface area contributed by atoms with Gasteiger partial charge in [0.05, 0.1) is 5.69 Å². The van der Waals surface area contributed by atoms with Crippen LogP contribution in [0.4, 0.5) is 0 Å². The van der Waals surface area contributed by atoms with Gasteiger partial charge in [-0.05, 0) is 19.4 Å². The molecule has 1 unspecified atom stereocenters. The third kappa shape index (κ3) is 1.59. The smallest absolute Gasteiger partial charge is 0.158 e. The Kier molecular flexibility index (Phi) is 2.10. The molecule has 1 N–H and O–H groups in total. The lowest BCUT2D eigenvalue weighted by atomic mass is 9.96. The highest BCUT2D eigenvalue weighted by atomic mass is 15.3. The lowest BCUT2D eigenvalue weighted by Gasteiger charge is -2.21. The number of nitrogens with one attached hydrogen (secondary N) is 1. The Labute approximate surface area is 87.5 Å². The summed E-state index contributed by atoms with van der Waals surface area (Å²) in [4.78, 5) is 8.59. The third-order valence-electron chi connectivity index (χ3n) is 2.91. The Hall–Kier alpha value is -1.49. The fourth-order valence-electron chi connectivity index (χ4n) is 2.07. The predicted octanol–water partition coefficient (Wildman–Crippen LogP) is 0.591. The van der Waals surface area contributed by atoms with Crippen molar-refractivity contribution in [2.75, 3.05) is 13.1 Å². The summed E-state index contributed by atoms with van der Waals surface area (Å²) in [5.74, 6) is 0.528. The van der Waals surface area contributed by atoms with Crippen molar-refractivity contribution in [2.24, 2.45) is 0 Å². The zero-order chi connectivity index (χ0) is 10.1. The molecule has 5 nitrogen and oxygen atoms in total. The van der Waals surface area contributed by atoms with Gasteiger partial charge in [0.25, 0.3) is 0 Å². The zero-order valence-electron chi connectivity index (χ0n) is 8.43. The molecule has 0 bridgehead atoms. The average Bonchev–Trinajstić information content (AvgIpc) is 2.77. The second-order valence-corrected chi connectivity index (χ2v) is 3.92. The minimum atomic E-state index is 0.528. The van der Waals surface area contributed by atoms with Crippen molar-refractivity contribution >= 4 is 5.65 Å². The molecule has 2 aromatic rings. The van der Waals surface area contributed by atoms with Gasteiger partial charge >= 0.3 is 0 Å². The van der Waals surface area contributed by atoms with Crippen molar-refractivity contribution in [3.8, 4) is 0 Å². The van der Waals surface area contributed by atoms with Crippen molar-refractivity contribution in [3.05, 3.63) is 24.4 Å². The van der Waals surface area contributed by atoms with Crippen LogP contribution in [0, 0.1) is 0 Å². The highest BCUT2D eigenvalue weighted by molar-refractivity contribution is 5.37. The fraction of sp³-hybridized carbons (Fsp3) is 0.500. The standard InChI is InChI=1S/C10H13N5/c1-2-8(5-11-3-1)9-4-10-12-6-14-15(10)7-13-9/h4,6-8,11H,1-3,5H2. The van der Waals surface area contributed by atoms with Crippen LogP contribution in [-0.4, -0.2) is 32.7 Å². The molecule has 1 aliphatic rings. The highest BCUT2D eigenvalue weighted by Gasteiger charge is 2.16. The molecule has 3 rings (SSSR count). The summed E-state index contributed by atoms with van der Waals surface area (Å²) < 4.78 is 1.69. The molecule has 1 saturated heterocycles. The van der Waals surface area contributed by atoms with Gasteiger partial charge in [0, 0.05) is 18.5 Å². The van der Waals surface area contributed by atoms with Crippen LogP contribution in [0.5, 0.6) is 0 Å². The van der Waals surface area contributed by atoms with E-state index in [2.05, 4.69) is 20.4 Å². The Balaban J connectivity index is 1.95. The number of fused-ring (bicyclic) bond motifs is 1. The summed E-state index contributed by atoms with van der Waals surface area (Å²) in [6, 6.07) is 2.03. The van der Waals surface area contributed by atoms with Gasteiger partial charge in [-0.25, -0.2) is 14.5 Å². The fourth-order valence-corrected chi connectivity index (χ4v) is 2.07. The van der Waals surface area contributed by atoms with Crippen molar-refractivity contribution < 1.29 is 0 Å². The van der Waals surface area contributed by atoms with E-state index in [4.69, 9.17) is 0 Å². The molecule has 1 atom stereocenters. The predicted molar refractivity (Wildman–Crippen MR) is 55.6 cm³/mol. The van der Waals surface area contributed by atoms with Gasteiger partial charge in [0.1, 0.15) is 12.7 Å². The molecule has 2 aromatic heterocycles. The molecule has 5 heteroatoms. The van der Waals surface area contributed by atoms with Crippen molar-refractivity contribution in [3.63, 3.8) is 0 Å². The van der Waals surface area contributed by atoms with E-state index < -0.39 is 0 Å². The number of nitrogens with zero attached hydrogens (tertiary/aromatic N) is 4. The van der Waals surface area contributed by atoms with Gasteiger partial charge in [0.2, 0.25) is 0 Å². The van der Waals surface area contributed by atoms with Crippen LogP contribution < -0.4 is 5.32 Å². The molecule has 1 fully saturated rings. The van der Waals surface area contributed by atoms with Crippen LogP contribution in [0.2, 0.25) is 0 Å². The molecule has 0 aliphatic carbocycles. The lowest BCUT2D eigenvalue weighted by molar-refractivity contribution is 0.454. The lowest BCUT2D eigenvalue weighted by Crippen LogP contribution is -2.28. The molecule has 0 amide bonds. The summed E-state index contributed by atoms with van der Waals surface area (Å²) in [5, 5.41) is 7.42. The van der Waals surface area contributed by atoms with Gasteiger partial charge < -0.3 is 5.32 Å². The first-order valence-electron chi connectivity index (χ1n) is 5.29. The largest absolute Gasteiger partial charge is 0.316 e. The van der Waals surface area contributed by atoms with E-state index >= 15 is 0 Å². The van der Waals surface area contributed by atoms with E-state index in [0.29, 0.717) is 5.92 Å². The molecule has 0 spiro atoms. The summed E-state index contributed by atoms with van der Waals surface area (Å²) in [6.07, 6.45) is 5.74. The van der Waals surface area contributed by atoms with Gasteiger partial charge in [0.15, 0.2) is 5.65 Å². The second kappa shape index (κ2) is 3.58. The average molecular weight is 203 g/mol. The van der Waals surface area contributed by atoms with Crippen molar-refractivity contribution in [2.45, 2.75) is 18.8 Å². The number of hydrogen-bond acceptors (Lipinski definition) is 4. The number of piperidine rings is 1. The number of hydrogen-bond donors (Lipinski definition) is 1. The Bertz CT molecular complexity index is 458. The molecule has 0 aromatic carbocycles. The minimum absolute atomic E-state index is 0.528. The topological polar surface area (TPSA) is 55.1 Å². The molecule has 15 heavy (non-hydrogen) atoms. The third-order valence-corrected chi connectivity index (χ3v) is 2.91. The van der Waals surface area contributed by atoms with Crippen LogP contribution in [0.1, 0.15) is 24.5 Å². The number of rotatable bonds is 1. The second-order valence-electron chi connectivity index (χ2n) is 3.92. The molecule has 3 heterocycles. The maximum atomic E-state index is 4.42. The Morgan fingerprint density at radius 2 is 2.40 bits per heavy atom. The van der Waals surface area contributed by atoms with E-state index in [0.717, 1.165) is 24.4 Å². The van der Waals surface area contributed by atoms with Gasteiger partial charge in [-0.1, -0.05) is 0 Å². The minimum Gasteiger partial charge on any atom is -0.316 e. The van der Waals surface area contributed by atoms with Gasteiger partial charge in [-0.3, -0.25) is 0 Å². The summed E-state index contributed by atoms with van der Waals surface area (Å²) >= 11 is 0. The summed E-state index contributed by atoms with van der Waals surface area (Å²) in [7, 11) is 0. The monoisotopic (exact) mass is 203 g/mol. The molecule has 1 aliphatic heterocycles. The molecular formula is C10H13N5. The van der Waals surface area contributed by atoms with Gasteiger partial charge in [-0.15, -0.1) is 0 Å². The van der Waals surface area contributed by atoms with E-state index in [1.807, 2.05) is 6.07 Å². The highest BCUT2D eigenvalue weighted by Crippen LogP contribution is 2.21. The van der Waals surface area contributed by atoms with E-state index in [9.17, 15) is 0 Å². The maximum absolute atomic E-state index is 4.42. The van der Waals surface area contributed by atoms with E-state index in [1.165, 1.54) is 12.8 Å². The molecule has 0 radical (unpaired) electrons. The van der Waals surface area contributed by atoms with Crippen LogP contribution in [0.3, 0.4) is 0 Å². The SMILES string of the molecule is c1nc2cc(C3CCCNC3)ncn2n1. The zero-order valence-corrected chi connectivity index (χ0v) is 8.43. The first kappa shape index (κ1) is 8.79. The maximum Gasteiger partial charge on any atom is 0.158 e. The Morgan fingerprint density at radius 1 is 1.40 bits per heavy atom. The summed E-state index contributed by atoms with van der Waals surface area (Å²) in [5.41, 5.74) is 2.01. The molecule has 0 saturated carbocycles. The summed E-state index contributed by atoms with van der Waals surface area (Å²) in [6.45, 7) is 2.15. The molecular weight excluding hydrogens is 190 g/mol.